The van der Waals surface area contributed by atoms with Crippen LogP contribution in [0.3, 0.4) is 0 Å². The summed E-state index contributed by atoms with van der Waals surface area (Å²) in [5.74, 6) is 0.270. The van der Waals surface area contributed by atoms with E-state index in [4.69, 9.17) is 9.47 Å². The predicted molar refractivity (Wildman–Crippen MR) is 124 cm³/mol. The van der Waals surface area contributed by atoms with Crippen LogP contribution in [0.2, 0.25) is 0 Å². The van der Waals surface area contributed by atoms with Crippen LogP contribution in [-0.4, -0.2) is 65.8 Å². The van der Waals surface area contributed by atoms with Crippen molar-refractivity contribution in [3.05, 3.63) is 41.7 Å². The fraction of sp³-hybridized carbons (Fsp3) is 0.458. The second kappa shape index (κ2) is 10.5. The molecule has 0 bridgehead atoms. The van der Waals surface area contributed by atoms with Gasteiger partial charge in [-0.05, 0) is 63.2 Å². The zero-order chi connectivity index (χ0) is 25.0. The van der Waals surface area contributed by atoms with Crippen molar-refractivity contribution in [1.82, 2.24) is 24.8 Å². The lowest BCUT2D eigenvalue weighted by atomic mass is 10.1. The topological polar surface area (TPSA) is 81.0 Å². The van der Waals surface area contributed by atoms with Crippen molar-refractivity contribution in [2.75, 3.05) is 40.4 Å². The highest BCUT2D eigenvalue weighted by atomic mass is 19.4. The van der Waals surface area contributed by atoms with Gasteiger partial charge in [0.1, 0.15) is 5.56 Å². The Morgan fingerprint density at radius 1 is 1.09 bits per heavy atom. The Kier molecular flexibility index (Phi) is 7.44. The zero-order valence-corrected chi connectivity index (χ0v) is 19.7. The number of carbonyl (C=O) groups excluding carboxylic acids is 1. The van der Waals surface area contributed by atoms with Crippen molar-refractivity contribution >= 4 is 11.6 Å². The van der Waals surface area contributed by atoms with E-state index in [0.29, 0.717) is 28.1 Å². The highest BCUT2D eigenvalue weighted by molar-refractivity contribution is 5.99. The van der Waals surface area contributed by atoms with Crippen molar-refractivity contribution in [2.24, 2.45) is 0 Å². The molecule has 1 aliphatic heterocycles. The summed E-state index contributed by atoms with van der Waals surface area (Å²) in [5.41, 5.74) is -0.805. The molecule has 0 saturated carbocycles. The number of rotatable bonds is 8. The summed E-state index contributed by atoms with van der Waals surface area (Å²) in [6, 6.07) is 5.60. The number of amides is 1. The first-order valence-corrected chi connectivity index (χ1v) is 11.5. The molecule has 0 spiro atoms. The largest absolute Gasteiger partial charge is 0.493 e. The number of hydrogen-bond donors (Lipinski definition) is 1. The number of ether oxygens (including phenoxy) is 2. The summed E-state index contributed by atoms with van der Waals surface area (Å²) in [4.78, 5) is 19.6. The zero-order valence-electron chi connectivity index (χ0n) is 19.7. The molecular weight excluding hydrogens is 463 g/mol. The average molecular weight is 492 g/mol. The lowest BCUT2D eigenvalue weighted by Gasteiger charge is -2.26. The van der Waals surface area contributed by atoms with Gasteiger partial charge in [-0.25, -0.2) is 9.50 Å². The molecule has 188 valence electrons. The van der Waals surface area contributed by atoms with Crippen LogP contribution >= 0.6 is 0 Å². The standard InChI is InChI=1S/C24H28F3N5O3/c1-34-19-8-7-16(13-20(19)35-2)18-14-21(24(25,26)27)32-22(30-18)17(15-29-32)23(33)28-9-6-12-31-10-4-3-5-11-31/h7-8,13-15H,3-6,9-12H2,1-2H3,(H,28,33). The summed E-state index contributed by atoms with van der Waals surface area (Å²) in [6.45, 7) is 3.40. The number of benzene rings is 1. The Labute approximate surface area is 201 Å². The number of piperidine rings is 1. The molecule has 1 aromatic carbocycles. The Balaban J connectivity index is 1.61. The first-order chi connectivity index (χ1) is 16.8. The molecule has 0 atom stereocenters. The molecule has 0 aliphatic carbocycles. The van der Waals surface area contributed by atoms with Gasteiger partial charge in [0.25, 0.3) is 5.91 Å². The molecule has 11 heteroatoms. The van der Waals surface area contributed by atoms with Gasteiger partial charge < -0.3 is 19.7 Å². The van der Waals surface area contributed by atoms with Crippen molar-refractivity contribution in [2.45, 2.75) is 31.9 Å². The Morgan fingerprint density at radius 3 is 2.51 bits per heavy atom. The number of carbonyl (C=O) groups is 1. The van der Waals surface area contributed by atoms with Crippen LogP contribution in [0.15, 0.2) is 30.5 Å². The van der Waals surface area contributed by atoms with Gasteiger partial charge in [-0.15, -0.1) is 0 Å². The second-order valence-electron chi connectivity index (χ2n) is 8.40. The Bertz CT molecular complexity index is 1190. The normalized spacial score (nSPS) is 14.8. The van der Waals surface area contributed by atoms with E-state index in [1.165, 1.54) is 39.5 Å². The SMILES string of the molecule is COc1ccc(-c2cc(C(F)(F)F)n3ncc(C(=O)NCCCN4CCCCC4)c3n2)cc1OC. The fourth-order valence-corrected chi connectivity index (χ4v) is 4.25. The van der Waals surface area contributed by atoms with Crippen molar-refractivity contribution < 1.29 is 27.4 Å². The number of nitrogens with zero attached hydrogens (tertiary/aromatic N) is 4. The van der Waals surface area contributed by atoms with Gasteiger partial charge in [0.15, 0.2) is 22.8 Å². The number of hydrogen-bond acceptors (Lipinski definition) is 6. The third-order valence-corrected chi connectivity index (χ3v) is 6.07. The molecule has 0 unspecified atom stereocenters. The molecule has 1 aliphatic rings. The minimum atomic E-state index is -4.71. The molecule has 1 saturated heterocycles. The highest BCUT2D eigenvalue weighted by Crippen LogP contribution is 2.35. The molecule has 3 aromatic rings. The van der Waals surface area contributed by atoms with Crippen LogP contribution in [0, 0.1) is 0 Å². The maximum atomic E-state index is 13.9. The lowest BCUT2D eigenvalue weighted by molar-refractivity contribution is -0.142. The van der Waals surface area contributed by atoms with Gasteiger partial charge in [-0.2, -0.15) is 18.3 Å². The number of fused-ring (bicyclic) bond motifs is 1. The summed E-state index contributed by atoms with van der Waals surface area (Å²) < 4.78 is 52.8. The van der Waals surface area contributed by atoms with Crippen LogP contribution in [0.5, 0.6) is 11.5 Å². The monoisotopic (exact) mass is 491 g/mol. The second-order valence-corrected chi connectivity index (χ2v) is 8.40. The first kappa shape index (κ1) is 24.8. The Hall–Kier alpha value is -3.34. The van der Waals surface area contributed by atoms with Crippen LogP contribution in [0.1, 0.15) is 41.7 Å². The number of aromatic nitrogens is 3. The maximum Gasteiger partial charge on any atom is 0.433 e. The van der Waals surface area contributed by atoms with Gasteiger partial charge in [0, 0.05) is 12.1 Å². The lowest BCUT2D eigenvalue weighted by Crippen LogP contribution is -2.33. The predicted octanol–water partition coefficient (Wildman–Crippen LogP) is 4.04. The van der Waals surface area contributed by atoms with Gasteiger partial charge in [-0.3, -0.25) is 4.79 Å². The number of methoxy groups -OCH3 is 2. The molecule has 8 nitrogen and oxygen atoms in total. The number of nitrogens with one attached hydrogen (secondary N) is 1. The summed E-state index contributed by atoms with van der Waals surface area (Å²) in [6.07, 6.45) is 0.786. The van der Waals surface area contributed by atoms with E-state index >= 15 is 0 Å². The minimum Gasteiger partial charge on any atom is -0.493 e. The van der Waals surface area contributed by atoms with E-state index in [9.17, 15) is 18.0 Å². The summed E-state index contributed by atoms with van der Waals surface area (Å²) in [7, 11) is 2.90. The maximum absolute atomic E-state index is 13.9. The van der Waals surface area contributed by atoms with Crippen LogP contribution in [0.25, 0.3) is 16.9 Å². The van der Waals surface area contributed by atoms with Crippen LogP contribution in [0.4, 0.5) is 13.2 Å². The third-order valence-electron chi connectivity index (χ3n) is 6.07. The molecule has 4 rings (SSSR count). The fourth-order valence-electron chi connectivity index (χ4n) is 4.25. The molecule has 2 aromatic heterocycles. The molecule has 35 heavy (non-hydrogen) atoms. The molecule has 1 amide bonds. The van der Waals surface area contributed by atoms with E-state index < -0.39 is 17.8 Å². The number of alkyl halides is 3. The van der Waals surface area contributed by atoms with Crippen LogP contribution in [-0.2, 0) is 6.18 Å². The smallest absolute Gasteiger partial charge is 0.433 e. The summed E-state index contributed by atoms with van der Waals surface area (Å²) >= 11 is 0. The van der Waals surface area contributed by atoms with Gasteiger partial charge in [0.05, 0.1) is 26.1 Å². The van der Waals surface area contributed by atoms with E-state index in [1.807, 2.05) is 0 Å². The third kappa shape index (κ3) is 5.50. The number of halogens is 3. The van der Waals surface area contributed by atoms with Crippen molar-refractivity contribution in [3.8, 4) is 22.8 Å². The van der Waals surface area contributed by atoms with Crippen molar-refractivity contribution in [3.63, 3.8) is 0 Å². The van der Waals surface area contributed by atoms with E-state index in [2.05, 4.69) is 20.3 Å². The molecule has 0 radical (unpaired) electrons. The molecule has 1 fully saturated rings. The van der Waals surface area contributed by atoms with E-state index in [0.717, 1.165) is 38.3 Å². The molecule has 3 heterocycles. The highest BCUT2D eigenvalue weighted by Gasteiger charge is 2.36. The summed E-state index contributed by atoms with van der Waals surface area (Å²) in [5, 5.41) is 6.61. The van der Waals surface area contributed by atoms with Crippen LogP contribution < -0.4 is 14.8 Å². The molecular formula is C24H28F3N5O3. The minimum absolute atomic E-state index is 0.0178. The van der Waals surface area contributed by atoms with Gasteiger partial charge in [-0.1, -0.05) is 6.42 Å². The van der Waals surface area contributed by atoms with E-state index in [1.54, 1.807) is 12.1 Å². The van der Waals surface area contributed by atoms with Gasteiger partial charge in [0.2, 0.25) is 0 Å². The van der Waals surface area contributed by atoms with Crippen molar-refractivity contribution in [1.29, 1.82) is 0 Å². The first-order valence-electron chi connectivity index (χ1n) is 11.5. The number of likely N-dealkylation sites (tertiary alicyclic amines) is 1. The van der Waals surface area contributed by atoms with E-state index in [-0.39, 0.29) is 16.9 Å². The Morgan fingerprint density at radius 2 is 1.83 bits per heavy atom. The average Bonchev–Trinajstić information content (AvgIpc) is 3.29. The van der Waals surface area contributed by atoms with Gasteiger partial charge >= 0.3 is 6.18 Å². The quantitative estimate of drug-likeness (QED) is 0.479. The molecule has 1 N–H and O–H groups in total.